The zero-order valence-electron chi connectivity index (χ0n) is 11.3. The highest BCUT2D eigenvalue weighted by Gasteiger charge is 2.16. The predicted octanol–water partition coefficient (Wildman–Crippen LogP) is 4.81. The van der Waals surface area contributed by atoms with Crippen LogP contribution in [0.25, 0.3) is 10.6 Å². The van der Waals surface area contributed by atoms with E-state index in [0.717, 1.165) is 5.56 Å². The van der Waals surface area contributed by atoms with Gasteiger partial charge in [0, 0.05) is 5.56 Å². The Kier molecular flexibility index (Phi) is 4.77. The lowest BCUT2D eigenvalue weighted by molar-refractivity contribution is 0.102. The van der Waals surface area contributed by atoms with E-state index in [-0.39, 0.29) is 15.9 Å². The molecule has 2 aromatic heterocycles. The molecule has 3 rings (SSSR count). The van der Waals surface area contributed by atoms with E-state index in [1.807, 2.05) is 18.2 Å². The Morgan fingerprint density at radius 2 is 1.78 bits per heavy atom. The van der Waals surface area contributed by atoms with E-state index < -0.39 is 5.91 Å². The molecule has 1 N–H and O–H groups in total. The van der Waals surface area contributed by atoms with Crippen LogP contribution in [0.3, 0.4) is 0 Å². The fourth-order valence-electron chi connectivity index (χ4n) is 1.75. The second kappa shape index (κ2) is 6.80. The van der Waals surface area contributed by atoms with Crippen molar-refractivity contribution in [2.24, 2.45) is 0 Å². The minimum atomic E-state index is -0.514. The van der Waals surface area contributed by atoms with Crippen LogP contribution in [-0.4, -0.2) is 21.1 Å². The van der Waals surface area contributed by atoms with Crippen molar-refractivity contribution in [1.82, 2.24) is 15.2 Å². The summed E-state index contributed by atoms with van der Waals surface area (Å²) in [6.07, 6.45) is 0. The number of aromatic nitrogens is 3. The molecule has 3 aromatic rings. The van der Waals surface area contributed by atoms with Crippen molar-refractivity contribution in [3.05, 3.63) is 57.3 Å². The molecule has 9 heteroatoms. The van der Waals surface area contributed by atoms with Crippen molar-refractivity contribution in [2.75, 3.05) is 5.32 Å². The Morgan fingerprint density at radius 3 is 2.57 bits per heavy atom. The highest BCUT2D eigenvalue weighted by Crippen LogP contribution is 2.31. The summed E-state index contributed by atoms with van der Waals surface area (Å²) in [4.78, 5) is 16.1. The summed E-state index contributed by atoms with van der Waals surface area (Å²) in [6, 6.07) is 10.2. The van der Waals surface area contributed by atoms with Crippen LogP contribution < -0.4 is 5.32 Å². The molecule has 2 heterocycles. The third-order valence-corrected chi connectivity index (χ3v) is 4.49. The summed E-state index contributed by atoms with van der Waals surface area (Å²) in [5.74, 6) is -0.514. The van der Waals surface area contributed by atoms with Gasteiger partial charge in [0.15, 0.2) is 5.01 Å². The largest absolute Gasteiger partial charge is 0.295 e. The normalized spacial score (nSPS) is 10.6. The molecule has 0 aliphatic rings. The fourth-order valence-corrected chi connectivity index (χ4v) is 3.15. The lowest BCUT2D eigenvalue weighted by Gasteiger charge is -2.02. The SMILES string of the molecule is O=C(Nc1nnc(-c2ccccc2Cl)s1)c1nc(Cl)ccc1Cl. The Balaban J connectivity index is 1.83. The fraction of sp³-hybridized carbons (Fsp3) is 0. The summed E-state index contributed by atoms with van der Waals surface area (Å²) in [5, 5.41) is 12.4. The molecule has 0 saturated carbocycles. The van der Waals surface area contributed by atoms with Gasteiger partial charge in [0.2, 0.25) is 5.13 Å². The molecule has 0 unspecified atom stereocenters. The van der Waals surface area contributed by atoms with E-state index in [2.05, 4.69) is 20.5 Å². The highest BCUT2D eigenvalue weighted by molar-refractivity contribution is 7.18. The van der Waals surface area contributed by atoms with Gasteiger partial charge < -0.3 is 0 Å². The van der Waals surface area contributed by atoms with Gasteiger partial charge in [0.1, 0.15) is 10.8 Å². The number of hydrogen-bond acceptors (Lipinski definition) is 5. The highest BCUT2D eigenvalue weighted by atomic mass is 35.5. The van der Waals surface area contributed by atoms with Gasteiger partial charge in [0.05, 0.1) is 10.0 Å². The molecular weight excluding hydrogens is 379 g/mol. The smallest absolute Gasteiger partial charge is 0.277 e. The Morgan fingerprint density at radius 1 is 1.00 bits per heavy atom. The van der Waals surface area contributed by atoms with E-state index in [0.29, 0.717) is 15.2 Å². The van der Waals surface area contributed by atoms with Crippen LogP contribution in [0.2, 0.25) is 15.2 Å². The summed E-state index contributed by atoms with van der Waals surface area (Å²) in [6.45, 7) is 0. The minimum absolute atomic E-state index is 0.0219. The maximum Gasteiger partial charge on any atom is 0.277 e. The molecule has 0 aliphatic carbocycles. The number of anilines is 1. The third-order valence-electron chi connectivity index (χ3n) is 2.78. The molecule has 5 nitrogen and oxygen atoms in total. The lowest BCUT2D eigenvalue weighted by Crippen LogP contribution is -2.14. The van der Waals surface area contributed by atoms with Crippen LogP contribution in [0.15, 0.2) is 36.4 Å². The molecule has 0 saturated heterocycles. The van der Waals surface area contributed by atoms with Gasteiger partial charge in [-0.05, 0) is 18.2 Å². The molecule has 0 bridgehead atoms. The van der Waals surface area contributed by atoms with E-state index in [4.69, 9.17) is 34.8 Å². The van der Waals surface area contributed by atoms with E-state index in [1.165, 1.54) is 23.5 Å². The number of nitrogens with one attached hydrogen (secondary N) is 1. The topological polar surface area (TPSA) is 67.8 Å². The second-order valence-electron chi connectivity index (χ2n) is 4.31. The monoisotopic (exact) mass is 384 g/mol. The maximum absolute atomic E-state index is 12.2. The molecular formula is C14H7Cl3N4OS. The van der Waals surface area contributed by atoms with E-state index in [9.17, 15) is 4.79 Å². The number of hydrogen-bond donors (Lipinski definition) is 1. The molecule has 1 aromatic carbocycles. The number of benzene rings is 1. The van der Waals surface area contributed by atoms with Crippen molar-refractivity contribution < 1.29 is 4.79 Å². The van der Waals surface area contributed by atoms with Gasteiger partial charge in [-0.1, -0.05) is 64.3 Å². The number of nitrogens with zero attached hydrogens (tertiary/aromatic N) is 3. The van der Waals surface area contributed by atoms with Gasteiger partial charge >= 0.3 is 0 Å². The standard InChI is InChI=1S/C14H7Cl3N4OS/c15-8-4-2-1-3-7(8)13-20-21-14(23-13)19-12(22)11-9(16)5-6-10(17)18-11/h1-6H,(H,19,21,22). The third kappa shape index (κ3) is 3.61. The number of carbonyl (C=O) groups excluding carboxylic acids is 1. The average Bonchev–Trinajstić information content (AvgIpc) is 2.98. The quantitative estimate of drug-likeness (QED) is 0.657. The van der Waals surface area contributed by atoms with Gasteiger partial charge in [-0.2, -0.15) is 0 Å². The van der Waals surface area contributed by atoms with Crippen LogP contribution in [0.4, 0.5) is 5.13 Å². The average molecular weight is 386 g/mol. The van der Waals surface area contributed by atoms with E-state index in [1.54, 1.807) is 6.07 Å². The number of pyridine rings is 1. The van der Waals surface area contributed by atoms with Crippen molar-refractivity contribution in [2.45, 2.75) is 0 Å². The Bertz CT molecular complexity index is 884. The first-order chi connectivity index (χ1) is 11.0. The number of carbonyl (C=O) groups is 1. The lowest BCUT2D eigenvalue weighted by atomic mass is 10.2. The first-order valence-electron chi connectivity index (χ1n) is 6.26. The predicted molar refractivity (Wildman–Crippen MR) is 92.6 cm³/mol. The zero-order valence-corrected chi connectivity index (χ0v) is 14.3. The second-order valence-corrected chi connectivity index (χ2v) is 6.49. The number of rotatable bonds is 3. The molecule has 0 spiro atoms. The molecule has 1 amide bonds. The van der Waals surface area contributed by atoms with Crippen LogP contribution >= 0.6 is 46.1 Å². The van der Waals surface area contributed by atoms with Crippen molar-refractivity contribution in [3.63, 3.8) is 0 Å². The summed E-state index contributed by atoms with van der Waals surface area (Å²) in [7, 11) is 0. The molecule has 116 valence electrons. The number of halogens is 3. The van der Waals surface area contributed by atoms with Crippen molar-refractivity contribution >= 4 is 57.2 Å². The molecule has 23 heavy (non-hydrogen) atoms. The van der Waals surface area contributed by atoms with Crippen LogP contribution in [0.5, 0.6) is 0 Å². The molecule has 0 aliphatic heterocycles. The molecule has 0 atom stereocenters. The Labute approximate surface area is 150 Å². The molecule has 0 radical (unpaired) electrons. The van der Waals surface area contributed by atoms with Gasteiger partial charge in [-0.15, -0.1) is 10.2 Å². The van der Waals surface area contributed by atoms with Gasteiger partial charge in [-0.25, -0.2) is 4.98 Å². The molecule has 0 fully saturated rings. The first kappa shape index (κ1) is 16.1. The van der Waals surface area contributed by atoms with Gasteiger partial charge in [0.25, 0.3) is 5.91 Å². The maximum atomic E-state index is 12.2. The summed E-state index contributed by atoms with van der Waals surface area (Å²) < 4.78 is 0. The van der Waals surface area contributed by atoms with Crippen LogP contribution in [-0.2, 0) is 0 Å². The first-order valence-corrected chi connectivity index (χ1v) is 8.21. The van der Waals surface area contributed by atoms with Crippen LogP contribution in [0, 0.1) is 0 Å². The zero-order chi connectivity index (χ0) is 16.4. The number of amides is 1. The van der Waals surface area contributed by atoms with Gasteiger partial charge in [-0.3, -0.25) is 10.1 Å². The Hall–Kier alpha value is -1.73. The summed E-state index contributed by atoms with van der Waals surface area (Å²) in [5.41, 5.74) is 0.764. The van der Waals surface area contributed by atoms with Crippen molar-refractivity contribution in [1.29, 1.82) is 0 Å². The van der Waals surface area contributed by atoms with Crippen LogP contribution in [0.1, 0.15) is 10.5 Å². The minimum Gasteiger partial charge on any atom is -0.295 e. The van der Waals surface area contributed by atoms with Crippen molar-refractivity contribution in [3.8, 4) is 10.6 Å². The van der Waals surface area contributed by atoms with E-state index >= 15 is 0 Å². The summed E-state index contributed by atoms with van der Waals surface area (Å²) >= 11 is 19.0.